The molecule has 0 bridgehead atoms. The Balaban J connectivity index is 2.04. The molecule has 0 saturated carbocycles. The van der Waals surface area contributed by atoms with Crippen molar-refractivity contribution in [3.05, 3.63) is 46.3 Å². The molecule has 2 heterocycles. The van der Waals surface area contributed by atoms with Gasteiger partial charge in [0.05, 0.1) is 5.69 Å². The molecule has 98 valence electrons. The molecule has 19 heavy (non-hydrogen) atoms. The van der Waals surface area contributed by atoms with Crippen LogP contribution in [-0.2, 0) is 12.8 Å². The third-order valence-corrected chi connectivity index (χ3v) is 4.43. The van der Waals surface area contributed by atoms with Crippen LogP contribution in [0.15, 0.2) is 35.1 Å². The molecular formula is C16H17BrN2. The van der Waals surface area contributed by atoms with Crippen molar-refractivity contribution in [3.63, 3.8) is 0 Å². The predicted molar refractivity (Wildman–Crippen MR) is 81.0 cm³/mol. The molecule has 0 aliphatic heterocycles. The molecular weight excluding hydrogens is 300 g/mol. The first-order valence-corrected chi connectivity index (χ1v) is 7.72. The number of pyridine rings is 2. The topological polar surface area (TPSA) is 25.8 Å². The third-order valence-electron chi connectivity index (χ3n) is 3.72. The maximum Gasteiger partial charge on any atom is 0.0717 e. The third kappa shape index (κ3) is 2.86. The van der Waals surface area contributed by atoms with E-state index in [1.165, 1.54) is 41.4 Å². The van der Waals surface area contributed by atoms with E-state index in [1.807, 2.05) is 24.5 Å². The number of nitrogens with zero attached hydrogens (tertiary/aromatic N) is 2. The van der Waals surface area contributed by atoms with Crippen LogP contribution in [0.4, 0.5) is 0 Å². The summed E-state index contributed by atoms with van der Waals surface area (Å²) in [4.78, 5) is 8.96. The second kappa shape index (κ2) is 5.83. The highest BCUT2D eigenvalue weighted by molar-refractivity contribution is 9.10. The van der Waals surface area contributed by atoms with Crippen LogP contribution in [0.3, 0.4) is 0 Å². The van der Waals surface area contributed by atoms with Gasteiger partial charge in [-0.1, -0.05) is 28.8 Å². The normalized spacial score (nSPS) is 15.4. The van der Waals surface area contributed by atoms with E-state index in [-0.39, 0.29) is 0 Å². The van der Waals surface area contributed by atoms with Crippen LogP contribution in [0.25, 0.3) is 11.3 Å². The number of hydrogen-bond acceptors (Lipinski definition) is 2. The molecule has 0 saturated heterocycles. The van der Waals surface area contributed by atoms with E-state index in [4.69, 9.17) is 4.98 Å². The SMILES string of the molecule is Brc1cc(-c2ccncc2)nc2c1CCCCCC2. The molecule has 0 radical (unpaired) electrons. The van der Waals surface area contributed by atoms with Gasteiger partial charge in [0, 0.05) is 28.1 Å². The molecule has 2 aromatic rings. The molecule has 3 heteroatoms. The van der Waals surface area contributed by atoms with Gasteiger partial charge < -0.3 is 0 Å². The minimum Gasteiger partial charge on any atom is -0.265 e. The summed E-state index contributed by atoms with van der Waals surface area (Å²) in [6.07, 6.45) is 11.1. The fourth-order valence-corrected chi connectivity index (χ4v) is 3.32. The lowest BCUT2D eigenvalue weighted by atomic mass is 9.96. The van der Waals surface area contributed by atoms with Gasteiger partial charge in [-0.3, -0.25) is 9.97 Å². The Labute approximate surface area is 122 Å². The largest absolute Gasteiger partial charge is 0.265 e. The number of hydrogen-bond donors (Lipinski definition) is 0. The molecule has 3 rings (SSSR count). The quantitative estimate of drug-likeness (QED) is 0.770. The first-order chi connectivity index (χ1) is 9.34. The van der Waals surface area contributed by atoms with Crippen molar-refractivity contribution in [2.75, 3.05) is 0 Å². The highest BCUT2D eigenvalue weighted by Gasteiger charge is 2.13. The second-order valence-electron chi connectivity index (χ2n) is 5.06. The predicted octanol–water partition coefficient (Wildman–Crippen LogP) is 4.57. The van der Waals surface area contributed by atoms with E-state index in [0.717, 1.165) is 24.1 Å². The van der Waals surface area contributed by atoms with Crippen molar-refractivity contribution >= 4 is 15.9 Å². The smallest absolute Gasteiger partial charge is 0.0717 e. The zero-order chi connectivity index (χ0) is 13.1. The Morgan fingerprint density at radius 3 is 2.47 bits per heavy atom. The summed E-state index contributed by atoms with van der Waals surface area (Å²) in [5, 5.41) is 0. The van der Waals surface area contributed by atoms with Crippen LogP contribution in [0, 0.1) is 0 Å². The van der Waals surface area contributed by atoms with E-state index < -0.39 is 0 Å². The van der Waals surface area contributed by atoms with Gasteiger partial charge in [-0.25, -0.2) is 0 Å². The van der Waals surface area contributed by atoms with Gasteiger partial charge in [-0.15, -0.1) is 0 Å². The van der Waals surface area contributed by atoms with E-state index in [1.54, 1.807) is 0 Å². The van der Waals surface area contributed by atoms with Crippen molar-refractivity contribution in [1.29, 1.82) is 0 Å². The van der Waals surface area contributed by atoms with Crippen molar-refractivity contribution in [1.82, 2.24) is 9.97 Å². The number of rotatable bonds is 1. The summed E-state index contributed by atoms with van der Waals surface area (Å²) >= 11 is 3.73. The minimum absolute atomic E-state index is 1.05. The Morgan fingerprint density at radius 2 is 1.68 bits per heavy atom. The first-order valence-electron chi connectivity index (χ1n) is 6.93. The minimum atomic E-state index is 1.05. The maximum absolute atomic E-state index is 4.89. The van der Waals surface area contributed by atoms with Crippen LogP contribution in [-0.4, -0.2) is 9.97 Å². The lowest BCUT2D eigenvalue weighted by molar-refractivity contribution is 0.608. The molecule has 0 spiro atoms. The van der Waals surface area contributed by atoms with Gasteiger partial charge in [0.2, 0.25) is 0 Å². The zero-order valence-electron chi connectivity index (χ0n) is 10.9. The van der Waals surface area contributed by atoms with Gasteiger partial charge in [-0.2, -0.15) is 0 Å². The van der Waals surface area contributed by atoms with Crippen molar-refractivity contribution in [2.45, 2.75) is 38.5 Å². The molecule has 2 aromatic heterocycles. The van der Waals surface area contributed by atoms with E-state index >= 15 is 0 Å². The lowest BCUT2D eigenvalue weighted by Crippen LogP contribution is -2.04. The summed E-state index contributed by atoms with van der Waals surface area (Å²) < 4.78 is 1.21. The standard InChI is InChI=1S/C16H17BrN2/c17-14-11-16(12-7-9-18-10-8-12)19-15-6-4-2-1-3-5-13(14)15/h7-11H,1-6H2. The van der Waals surface area contributed by atoms with Gasteiger partial charge in [0.15, 0.2) is 0 Å². The van der Waals surface area contributed by atoms with Gasteiger partial charge in [-0.05, 0) is 49.4 Å². The molecule has 0 N–H and O–H groups in total. The molecule has 0 unspecified atom stereocenters. The highest BCUT2D eigenvalue weighted by Crippen LogP contribution is 2.29. The number of halogens is 1. The lowest BCUT2D eigenvalue weighted by Gasteiger charge is -2.16. The zero-order valence-corrected chi connectivity index (χ0v) is 12.5. The van der Waals surface area contributed by atoms with Crippen LogP contribution in [0.5, 0.6) is 0 Å². The Hall–Kier alpha value is -1.22. The first kappa shape index (κ1) is 12.8. The van der Waals surface area contributed by atoms with Crippen LogP contribution >= 0.6 is 15.9 Å². The number of aromatic nitrogens is 2. The average molecular weight is 317 g/mol. The Kier molecular flexibility index (Phi) is 3.92. The van der Waals surface area contributed by atoms with Gasteiger partial charge in [0.25, 0.3) is 0 Å². The Morgan fingerprint density at radius 1 is 0.947 bits per heavy atom. The van der Waals surface area contributed by atoms with Gasteiger partial charge in [0.1, 0.15) is 0 Å². The number of aryl methyl sites for hydroxylation is 1. The van der Waals surface area contributed by atoms with Gasteiger partial charge >= 0.3 is 0 Å². The molecule has 2 nitrogen and oxygen atoms in total. The van der Waals surface area contributed by atoms with E-state index in [9.17, 15) is 0 Å². The Bertz CT molecular complexity index is 566. The summed E-state index contributed by atoms with van der Waals surface area (Å²) in [6.45, 7) is 0. The number of fused-ring (bicyclic) bond motifs is 1. The summed E-state index contributed by atoms with van der Waals surface area (Å²) in [6, 6.07) is 6.18. The highest BCUT2D eigenvalue weighted by atomic mass is 79.9. The molecule has 1 aliphatic rings. The van der Waals surface area contributed by atoms with Crippen LogP contribution in [0.1, 0.15) is 36.9 Å². The van der Waals surface area contributed by atoms with Crippen molar-refractivity contribution in [3.8, 4) is 11.3 Å². The average Bonchev–Trinajstić information content (AvgIpc) is 2.41. The van der Waals surface area contributed by atoms with Crippen molar-refractivity contribution in [2.24, 2.45) is 0 Å². The van der Waals surface area contributed by atoms with E-state index in [0.29, 0.717) is 0 Å². The summed E-state index contributed by atoms with van der Waals surface area (Å²) in [7, 11) is 0. The molecule has 1 aliphatic carbocycles. The molecule has 0 fully saturated rings. The second-order valence-corrected chi connectivity index (χ2v) is 5.92. The fourth-order valence-electron chi connectivity index (χ4n) is 2.68. The molecule has 0 atom stereocenters. The van der Waals surface area contributed by atoms with Crippen LogP contribution in [0.2, 0.25) is 0 Å². The summed E-state index contributed by atoms with van der Waals surface area (Å²) in [5.74, 6) is 0. The maximum atomic E-state index is 4.89. The fraction of sp³-hybridized carbons (Fsp3) is 0.375. The van der Waals surface area contributed by atoms with Crippen molar-refractivity contribution < 1.29 is 0 Å². The monoisotopic (exact) mass is 316 g/mol. The summed E-state index contributed by atoms with van der Waals surface area (Å²) in [5.41, 5.74) is 4.88. The van der Waals surface area contributed by atoms with Crippen LogP contribution < -0.4 is 0 Å². The molecule has 0 aromatic carbocycles. The van der Waals surface area contributed by atoms with E-state index in [2.05, 4.69) is 27.0 Å². The molecule has 0 amide bonds.